The predicted octanol–water partition coefficient (Wildman–Crippen LogP) is 0.452. The number of rotatable bonds is 5. The number of carbonyl (C=O) groups excluding carboxylic acids is 2. The maximum absolute atomic E-state index is 12.2. The molecule has 0 unspecified atom stereocenters. The third-order valence-corrected chi connectivity index (χ3v) is 4.10. The first-order chi connectivity index (χ1) is 12.1. The molecule has 2 heterocycles. The zero-order valence-corrected chi connectivity index (χ0v) is 14.1. The minimum atomic E-state index is -0.531. The third-order valence-electron chi connectivity index (χ3n) is 4.10. The Kier molecular flexibility index (Phi) is 5.39. The molecule has 1 aromatic carbocycles. The molecule has 0 aliphatic carbocycles. The summed E-state index contributed by atoms with van der Waals surface area (Å²) in [6, 6.07) is 10.3. The molecule has 1 saturated heterocycles. The topological polar surface area (TPSA) is 91.6 Å². The van der Waals surface area contributed by atoms with Gasteiger partial charge in [-0.1, -0.05) is 35.5 Å². The Morgan fingerprint density at radius 1 is 1.16 bits per heavy atom. The van der Waals surface area contributed by atoms with E-state index in [0.717, 1.165) is 19.6 Å². The number of aromatic nitrogens is 2. The normalized spacial score (nSPS) is 15.2. The van der Waals surface area contributed by atoms with E-state index in [1.807, 2.05) is 18.2 Å². The molecule has 8 nitrogen and oxygen atoms in total. The third kappa shape index (κ3) is 4.63. The molecule has 0 saturated carbocycles. The first-order valence-electron chi connectivity index (χ1n) is 8.24. The van der Waals surface area contributed by atoms with Crippen LogP contribution in [0.3, 0.4) is 0 Å². The Morgan fingerprint density at radius 2 is 1.88 bits per heavy atom. The summed E-state index contributed by atoms with van der Waals surface area (Å²) >= 11 is 0. The molecular formula is C17H21N5O3. The second-order valence-corrected chi connectivity index (χ2v) is 5.97. The van der Waals surface area contributed by atoms with Gasteiger partial charge in [-0.05, 0) is 12.5 Å². The molecule has 132 valence electrons. The van der Waals surface area contributed by atoms with Gasteiger partial charge in [-0.2, -0.15) is 4.98 Å². The summed E-state index contributed by atoms with van der Waals surface area (Å²) in [5, 5.41) is 6.07. The molecule has 1 fully saturated rings. The van der Waals surface area contributed by atoms with E-state index in [9.17, 15) is 9.59 Å². The van der Waals surface area contributed by atoms with Crippen LogP contribution in [-0.2, 0) is 11.3 Å². The van der Waals surface area contributed by atoms with Crippen LogP contribution in [0.4, 0.5) is 0 Å². The lowest BCUT2D eigenvalue weighted by molar-refractivity contribution is -0.131. The largest absolute Gasteiger partial charge is 0.339 e. The van der Waals surface area contributed by atoms with Crippen LogP contribution in [0.5, 0.6) is 0 Å². The lowest BCUT2D eigenvalue weighted by Gasteiger charge is -2.34. The van der Waals surface area contributed by atoms with Crippen LogP contribution in [0.1, 0.15) is 22.1 Å². The molecule has 1 aliphatic heterocycles. The molecule has 3 rings (SSSR count). The lowest BCUT2D eigenvalue weighted by atomic mass is 10.2. The standard InChI is InChI=1S/C17H21N5O3/c1-13-19-17(25-20-13)16(24)18-11-15(23)22-9-7-21(8-10-22)12-14-5-3-2-4-6-14/h2-6H,7-12H2,1H3,(H,18,24). The average molecular weight is 343 g/mol. The summed E-state index contributed by atoms with van der Waals surface area (Å²) < 4.78 is 4.77. The molecule has 0 radical (unpaired) electrons. The van der Waals surface area contributed by atoms with Gasteiger partial charge in [-0.25, -0.2) is 0 Å². The quantitative estimate of drug-likeness (QED) is 0.848. The summed E-state index contributed by atoms with van der Waals surface area (Å²) in [6.07, 6.45) is 0. The van der Waals surface area contributed by atoms with E-state index in [1.165, 1.54) is 5.56 Å². The molecule has 0 bridgehead atoms. The lowest BCUT2D eigenvalue weighted by Crippen LogP contribution is -2.50. The molecule has 25 heavy (non-hydrogen) atoms. The van der Waals surface area contributed by atoms with Gasteiger partial charge in [0.05, 0.1) is 6.54 Å². The van der Waals surface area contributed by atoms with Crippen molar-refractivity contribution in [2.45, 2.75) is 13.5 Å². The van der Waals surface area contributed by atoms with E-state index in [1.54, 1.807) is 11.8 Å². The van der Waals surface area contributed by atoms with E-state index in [-0.39, 0.29) is 18.3 Å². The van der Waals surface area contributed by atoms with Gasteiger partial charge < -0.3 is 14.7 Å². The predicted molar refractivity (Wildman–Crippen MR) is 89.7 cm³/mol. The number of amides is 2. The van der Waals surface area contributed by atoms with Crippen LogP contribution in [0.2, 0.25) is 0 Å². The highest BCUT2D eigenvalue weighted by Gasteiger charge is 2.22. The zero-order chi connectivity index (χ0) is 17.6. The number of hydrogen-bond donors (Lipinski definition) is 1. The first-order valence-corrected chi connectivity index (χ1v) is 8.24. The van der Waals surface area contributed by atoms with Crippen molar-refractivity contribution >= 4 is 11.8 Å². The van der Waals surface area contributed by atoms with Gasteiger partial charge in [0.2, 0.25) is 5.91 Å². The Bertz CT molecular complexity index is 723. The van der Waals surface area contributed by atoms with Gasteiger partial charge in [-0.15, -0.1) is 0 Å². The Hall–Kier alpha value is -2.74. The number of benzene rings is 1. The van der Waals surface area contributed by atoms with E-state index < -0.39 is 5.91 Å². The molecule has 0 atom stereocenters. The van der Waals surface area contributed by atoms with Crippen LogP contribution >= 0.6 is 0 Å². The second kappa shape index (κ2) is 7.89. The summed E-state index contributed by atoms with van der Waals surface area (Å²) in [6.45, 7) is 5.38. The fraction of sp³-hybridized carbons (Fsp3) is 0.412. The fourth-order valence-electron chi connectivity index (χ4n) is 2.73. The first kappa shape index (κ1) is 17.1. The number of hydrogen-bond acceptors (Lipinski definition) is 6. The molecule has 0 spiro atoms. The summed E-state index contributed by atoms with van der Waals surface area (Å²) in [5.41, 5.74) is 1.27. The number of nitrogens with one attached hydrogen (secondary N) is 1. The fourth-order valence-corrected chi connectivity index (χ4v) is 2.73. The van der Waals surface area contributed by atoms with Crippen LogP contribution in [0.25, 0.3) is 0 Å². The maximum Gasteiger partial charge on any atom is 0.315 e. The van der Waals surface area contributed by atoms with Crippen LogP contribution in [0.15, 0.2) is 34.9 Å². The summed E-state index contributed by atoms with van der Waals surface area (Å²) in [4.78, 5) is 32.0. The molecular weight excluding hydrogens is 322 g/mol. The van der Waals surface area contributed by atoms with Crippen LogP contribution < -0.4 is 5.32 Å². The number of nitrogens with zero attached hydrogens (tertiary/aromatic N) is 4. The van der Waals surface area contributed by atoms with Crippen LogP contribution in [-0.4, -0.2) is 64.5 Å². The van der Waals surface area contributed by atoms with E-state index in [2.05, 4.69) is 32.5 Å². The molecule has 2 aromatic rings. The Labute approximate surface area is 145 Å². The highest BCUT2D eigenvalue weighted by atomic mass is 16.5. The van der Waals surface area contributed by atoms with Gasteiger partial charge in [0.15, 0.2) is 5.82 Å². The molecule has 1 aromatic heterocycles. The molecule has 2 amide bonds. The van der Waals surface area contributed by atoms with Crippen molar-refractivity contribution in [2.75, 3.05) is 32.7 Å². The van der Waals surface area contributed by atoms with Crippen molar-refractivity contribution in [2.24, 2.45) is 0 Å². The van der Waals surface area contributed by atoms with Crippen molar-refractivity contribution in [3.05, 3.63) is 47.6 Å². The summed E-state index contributed by atoms with van der Waals surface area (Å²) in [5.74, 6) is -0.385. The van der Waals surface area contributed by atoms with Crippen molar-refractivity contribution in [3.63, 3.8) is 0 Å². The number of aryl methyl sites for hydroxylation is 1. The van der Waals surface area contributed by atoms with E-state index in [4.69, 9.17) is 4.52 Å². The molecule has 1 N–H and O–H groups in total. The van der Waals surface area contributed by atoms with Crippen molar-refractivity contribution in [1.29, 1.82) is 0 Å². The Morgan fingerprint density at radius 3 is 2.52 bits per heavy atom. The van der Waals surface area contributed by atoms with Gasteiger partial charge in [-0.3, -0.25) is 14.5 Å². The summed E-state index contributed by atoms with van der Waals surface area (Å²) in [7, 11) is 0. The number of carbonyl (C=O) groups is 2. The van der Waals surface area contributed by atoms with Crippen molar-refractivity contribution in [3.8, 4) is 0 Å². The Balaban J connectivity index is 1.41. The second-order valence-electron chi connectivity index (χ2n) is 5.97. The minimum Gasteiger partial charge on any atom is -0.339 e. The average Bonchev–Trinajstić information content (AvgIpc) is 3.07. The maximum atomic E-state index is 12.2. The molecule has 8 heteroatoms. The monoisotopic (exact) mass is 343 g/mol. The SMILES string of the molecule is Cc1noc(C(=O)NCC(=O)N2CCN(Cc3ccccc3)CC2)n1. The highest BCUT2D eigenvalue weighted by Crippen LogP contribution is 2.08. The molecule has 1 aliphatic rings. The van der Waals surface area contributed by atoms with Gasteiger partial charge in [0, 0.05) is 32.7 Å². The van der Waals surface area contributed by atoms with Gasteiger partial charge >= 0.3 is 11.8 Å². The number of piperazine rings is 1. The van der Waals surface area contributed by atoms with Gasteiger partial charge in [0.1, 0.15) is 0 Å². The van der Waals surface area contributed by atoms with E-state index in [0.29, 0.717) is 18.9 Å². The smallest absolute Gasteiger partial charge is 0.315 e. The minimum absolute atomic E-state index is 0.0705. The zero-order valence-electron chi connectivity index (χ0n) is 14.1. The highest BCUT2D eigenvalue weighted by molar-refractivity contribution is 5.92. The van der Waals surface area contributed by atoms with E-state index >= 15 is 0 Å². The van der Waals surface area contributed by atoms with Crippen LogP contribution in [0, 0.1) is 6.92 Å². The van der Waals surface area contributed by atoms with Crippen molar-refractivity contribution < 1.29 is 14.1 Å². The van der Waals surface area contributed by atoms with Gasteiger partial charge in [0.25, 0.3) is 0 Å². The van der Waals surface area contributed by atoms with Crippen molar-refractivity contribution in [1.82, 2.24) is 25.3 Å².